The monoisotopic (exact) mass is 281 g/mol. The van der Waals surface area contributed by atoms with Gasteiger partial charge in [-0.25, -0.2) is 4.98 Å². The Morgan fingerprint density at radius 2 is 1.95 bits per heavy atom. The van der Waals surface area contributed by atoms with E-state index in [1.54, 1.807) is 0 Å². The fraction of sp³-hybridized carbons (Fsp3) is 0.250. The quantitative estimate of drug-likeness (QED) is 0.770. The Labute approximate surface area is 123 Å². The number of nitrogens with one attached hydrogen (secondary N) is 1. The minimum absolute atomic E-state index is 0.578. The van der Waals surface area contributed by atoms with E-state index in [0.29, 0.717) is 13.1 Å². The van der Waals surface area contributed by atoms with Crippen LogP contribution in [0.5, 0.6) is 0 Å². The first-order chi connectivity index (χ1) is 10.2. The van der Waals surface area contributed by atoms with Crippen LogP contribution in [0.1, 0.15) is 11.3 Å². The highest BCUT2D eigenvalue weighted by Gasteiger charge is 2.12. The van der Waals surface area contributed by atoms with E-state index in [1.165, 1.54) is 0 Å². The lowest BCUT2D eigenvalue weighted by atomic mass is 10.2. The first-order valence-electron chi connectivity index (χ1n) is 7.07. The fourth-order valence-corrected chi connectivity index (χ4v) is 2.35. The number of nitrogens with zero attached hydrogens (tertiary/aromatic N) is 3. The molecule has 0 saturated heterocycles. The fourth-order valence-electron chi connectivity index (χ4n) is 2.35. The van der Waals surface area contributed by atoms with Crippen molar-refractivity contribution in [2.75, 3.05) is 18.4 Å². The molecule has 0 saturated carbocycles. The van der Waals surface area contributed by atoms with Gasteiger partial charge in [-0.05, 0) is 13.8 Å². The number of aromatic nitrogens is 3. The van der Waals surface area contributed by atoms with Crippen molar-refractivity contribution in [1.82, 2.24) is 14.6 Å². The van der Waals surface area contributed by atoms with Crippen LogP contribution in [0.4, 0.5) is 5.82 Å². The highest BCUT2D eigenvalue weighted by Crippen LogP contribution is 2.24. The van der Waals surface area contributed by atoms with Crippen molar-refractivity contribution in [2.45, 2.75) is 13.8 Å². The van der Waals surface area contributed by atoms with Gasteiger partial charge in [0.05, 0.1) is 5.69 Å². The Bertz CT molecular complexity index is 761. The van der Waals surface area contributed by atoms with Crippen LogP contribution in [0.15, 0.2) is 36.4 Å². The molecular weight excluding hydrogens is 262 g/mol. The first kappa shape index (κ1) is 13.6. The summed E-state index contributed by atoms with van der Waals surface area (Å²) in [5.74, 6) is 0.963. The molecule has 0 unspecified atom stereocenters. The molecule has 0 bridgehead atoms. The number of hydrogen-bond acceptors (Lipinski definition) is 4. The van der Waals surface area contributed by atoms with Crippen LogP contribution in [-0.4, -0.2) is 27.7 Å². The standard InChI is InChI=1S/C16H19N5/c1-11-12(2)19-15-10-14(13-6-4-3-5-7-13)20-21(15)16(11)18-9-8-17/h3-7,10,18H,8-9,17H2,1-2H3. The molecule has 3 N–H and O–H groups in total. The maximum absolute atomic E-state index is 5.60. The molecule has 5 heteroatoms. The summed E-state index contributed by atoms with van der Waals surface area (Å²) in [4.78, 5) is 4.62. The number of fused-ring (bicyclic) bond motifs is 1. The topological polar surface area (TPSA) is 68.2 Å². The second-order valence-electron chi connectivity index (χ2n) is 5.05. The Morgan fingerprint density at radius 1 is 1.19 bits per heavy atom. The molecule has 0 aliphatic rings. The van der Waals surface area contributed by atoms with Crippen LogP contribution in [0.3, 0.4) is 0 Å². The lowest BCUT2D eigenvalue weighted by Crippen LogP contribution is -2.17. The van der Waals surface area contributed by atoms with E-state index < -0.39 is 0 Å². The normalized spacial score (nSPS) is 11.0. The Hall–Kier alpha value is -2.40. The third kappa shape index (κ3) is 2.48. The van der Waals surface area contributed by atoms with Crippen molar-refractivity contribution in [1.29, 1.82) is 0 Å². The van der Waals surface area contributed by atoms with Gasteiger partial charge in [-0.15, -0.1) is 0 Å². The summed E-state index contributed by atoms with van der Waals surface area (Å²) >= 11 is 0. The Kier molecular flexibility index (Phi) is 3.58. The van der Waals surface area contributed by atoms with E-state index in [2.05, 4.69) is 27.5 Å². The van der Waals surface area contributed by atoms with Crippen LogP contribution >= 0.6 is 0 Å². The lowest BCUT2D eigenvalue weighted by molar-refractivity contribution is 0.899. The number of hydrogen-bond donors (Lipinski definition) is 2. The van der Waals surface area contributed by atoms with Crippen molar-refractivity contribution in [3.63, 3.8) is 0 Å². The maximum atomic E-state index is 5.60. The molecule has 2 aromatic heterocycles. The van der Waals surface area contributed by atoms with Gasteiger partial charge in [0, 0.05) is 36.0 Å². The largest absolute Gasteiger partial charge is 0.368 e. The summed E-state index contributed by atoms with van der Waals surface area (Å²) < 4.78 is 1.86. The van der Waals surface area contributed by atoms with Crippen molar-refractivity contribution < 1.29 is 0 Å². The zero-order valence-corrected chi connectivity index (χ0v) is 12.3. The predicted molar refractivity (Wildman–Crippen MR) is 85.4 cm³/mol. The minimum atomic E-state index is 0.578. The van der Waals surface area contributed by atoms with E-state index >= 15 is 0 Å². The molecule has 2 heterocycles. The van der Waals surface area contributed by atoms with Crippen LogP contribution < -0.4 is 11.1 Å². The average Bonchev–Trinajstić information content (AvgIpc) is 2.92. The zero-order chi connectivity index (χ0) is 14.8. The molecule has 0 fully saturated rings. The Morgan fingerprint density at radius 3 is 2.67 bits per heavy atom. The van der Waals surface area contributed by atoms with Gasteiger partial charge in [0.1, 0.15) is 5.82 Å². The molecule has 0 spiro atoms. The highest BCUT2D eigenvalue weighted by molar-refractivity contribution is 5.66. The number of rotatable bonds is 4. The molecule has 3 aromatic rings. The van der Waals surface area contributed by atoms with Crippen molar-refractivity contribution in [3.8, 4) is 11.3 Å². The predicted octanol–water partition coefficient (Wildman–Crippen LogP) is 2.38. The van der Waals surface area contributed by atoms with Gasteiger partial charge >= 0.3 is 0 Å². The van der Waals surface area contributed by atoms with Crippen molar-refractivity contribution in [3.05, 3.63) is 47.7 Å². The minimum Gasteiger partial charge on any atom is -0.368 e. The molecule has 5 nitrogen and oxygen atoms in total. The number of benzene rings is 1. The smallest absolute Gasteiger partial charge is 0.158 e. The summed E-state index contributed by atoms with van der Waals surface area (Å²) in [7, 11) is 0. The molecule has 0 aliphatic heterocycles. The van der Waals surface area contributed by atoms with E-state index in [-0.39, 0.29) is 0 Å². The second kappa shape index (κ2) is 5.54. The molecule has 0 atom stereocenters. The molecule has 0 amide bonds. The third-order valence-corrected chi connectivity index (χ3v) is 3.59. The van der Waals surface area contributed by atoms with E-state index in [0.717, 1.165) is 34.0 Å². The molecular formula is C16H19N5. The number of nitrogens with two attached hydrogens (primary N) is 1. The van der Waals surface area contributed by atoms with Gasteiger partial charge < -0.3 is 11.1 Å². The van der Waals surface area contributed by atoms with E-state index in [9.17, 15) is 0 Å². The third-order valence-electron chi connectivity index (χ3n) is 3.59. The van der Waals surface area contributed by atoms with Crippen LogP contribution in [0.2, 0.25) is 0 Å². The SMILES string of the molecule is Cc1nc2cc(-c3ccccc3)nn2c(NCCN)c1C. The summed E-state index contributed by atoms with van der Waals surface area (Å²) in [6, 6.07) is 12.1. The van der Waals surface area contributed by atoms with Crippen molar-refractivity contribution in [2.24, 2.45) is 5.73 Å². The molecule has 21 heavy (non-hydrogen) atoms. The van der Waals surface area contributed by atoms with Crippen LogP contribution in [0, 0.1) is 13.8 Å². The molecule has 1 aromatic carbocycles. The average molecular weight is 281 g/mol. The number of aryl methyl sites for hydroxylation is 1. The van der Waals surface area contributed by atoms with Gasteiger partial charge in [-0.1, -0.05) is 30.3 Å². The summed E-state index contributed by atoms with van der Waals surface area (Å²) in [6.07, 6.45) is 0. The van der Waals surface area contributed by atoms with E-state index in [1.807, 2.05) is 42.6 Å². The van der Waals surface area contributed by atoms with Gasteiger partial charge in [0.25, 0.3) is 0 Å². The van der Waals surface area contributed by atoms with E-state index in [4.69, 9.17) is 5.73 Å². The second-order valence-corrected chi connectivity index (χ2v) is 5.05. The van der Waals surface area contributed by atoms with Gasteiger partial charge in [-0.2, -0.15) is 9.61 Å². The van der Waals surface area contributed by atoms with Gasteiger partial charge in [0.15, 0.2) is 5.65 Å². The molecule has 108 valence electrons. The van der Waals surface area contributed by atoms with Gasteiger partial charge in [-0.3, -0.25) is 0 Å². The number of anilines is 1. The van der Waals surface area contributed by atoms with Crippen LogP contribution in [-0.2, 0) is 0 Å². The lowest BCUT2D eigenvalue weighted by Gasteiger charge is -2.12. The van der Waals surface area contributed by atoms with Gasteiger partial charge in [0.2, 0.25) is 0 Å². The zero-order valence-electron chi connectivity index (χ0n) is 12.3. The van der Waals surface area contributed by atoms with Crippen LogP contribution in [0.25, 0.3) is 16.9 Å². The Balaban J connectivity index is 2.16. The van der Waals surface area contributed by atoms with Crippen molar-refractivity contribution >= 4 is 11.5 Å². The highest BCUT2D eigenvalue weighted by atomic mass is 15.3. The summed E-state index contributed by atoms with van der Waals surface area (Å²) in [5, 5.41) is 8.04. The first-order valence-corrected chi connectivity index (χ1v) is 7.07. The summed E-state index contributed by atoms with van der Waals surface area (Å²) in [6.45, 7) is 5.34. The maximum Gasteiger partial charge on any atom is 0.158 e. The molecule has 0 aliphatic carbocycles. The summed E-state index contributed by atoms with van der Waals surface area (Å²) in [5.41, 5.74) is 10.5. The molecule has 0 radical (unpaired) electrons. The molecule has 3 rings (SSSR count).